The zero-order chi connectivity index (χ0) is 15.5. The van der Waals surface area contributed by atoms with Gasteiger partial charge in [0.25, 0.3) is 0 Å². The normalized spacial score (nSPS) is 12.9. The van der Waals surface area contributed by atoms with Gasteiger partial charge in [-0.3, -0.25) is 0 Å². The Labute approximate surface area is 130 Å². The highest BCUT2D eigenvalue weighted by Crippen LogP contribution is 2.26. The molecule has 2 aromatic carbocycles. The molecule has 0 aliphatic heterocycles. The van der Waals surface area contributed by atoms with Crippen molar-refractivity contribution in [1.29, 1.82) is 0 Å². The molecule has 0 radical (unpaired) electrons. The predicted molar refractivity (Wildman–Crippen MR) is 84.7 cm³/mol. The van der Waals surface area contributed by atoms with Gasteiger partial charge in [-0.15, -0.1) is 0 Å². The monoisotopic (exact) mass is 324 g/mol. The van der Waals surface area contributed by atoms with Crippen LogP contribution in [-0.4, -0.2) is 14.7 Å². The van der Waals surface area contributed by atoms with Gasteiger partial charge in [0.2, 0.25) is 0 Å². The zero-order valence-corrected chi connectivity index (χ0v) is 13.5. The summed E-state index contributed by atoms with van der Waals surface area (Å²) in [6.07, 6.45) is 1.90. The molecular formula is C16H17ClO3S. The van der Waals surface area contributed by atoms with Crippen LogP contribution in [0.4, 0.5) is 0 Å². The summed E-state index contributed by atoms with van der Waals surface area (Å²) in [5.41, 5.74) is 1.04. The van der Waals surface area contributed by atoms with Crippen LogP contribution in [0.2, 0.25) is 5.02 Å². The molecule has 0 saturated heterocycles. The van der Waals surface area contributed by atoms with Gasteiger partial charge < -0.3 is 4.74 Å². The molecule has 0 fully saturated rings. The van der Waals surface area contributed by atoms with Crippen LogP contribution in [0.5, 0.6) is 5.75 Å². The molecular weight excluding hydrogens is 308 g/mol. The van der Waals surface area contributed by atoms with Gasteiger partial charge in [-0.2, -0.15) is 0 Å². The van der Waals surface area contributed by atoms with Crippen molar-refractivity contribution < 1.29 is 13.2 Å². The van der Waals surface area contributed by atoms with Gasteiger partial charge in [-0.1, -0.05) is 30.7 Å². The molecule has 3 nitrogen and oxygen atoms in total. The molecule has 0 aliphatic rings. The van der Waals surface area contributed by atoms with Gasteiger partial charge in [0.15, 0.2) is 9.84 Å². The Morgan fingerprint density at radius 1 is 1.05 bits per heavy atom. The topological polar surface area (TPSA) is 43.4 Å². The zero-order valence-electron chi connectivity index (χ0n) is 11.9. The molecule has 0 aliphatic carbocycles. The molecule has 0 heterocycles. The van der Waals surface area contributed by atoms with Crippen LogP contribution < -0.4 is 4.74 Å². The smallest absolute Gasteiger partial charge is 0.175 e. The molecule has 0 saturated carbocycles. The molecule has 21 heavy (non-hydrogen) atoms. The number of hydrogen-bond acceptors (Lipinski definition) is 3. The van der Waals surface area contributed by atoms with Crippen LogP contribution >= 0.6 is 11.6 Å². The summed E-state index contributed by atoms with van der Waals surface area (Å²) < 4.78 is 28.8. The van der Waals surface area contributed by atoms with Crippen molar-refractivity contribution in [3.8, 4) is 5.75 Å². The SMILES string of the molecule is CCC(Oc1ccc(S(C)(=O)=O)cc1)c1ccc(Cl)cc1. The van der Waals surface area contributed by atoms with E-state index >= 15 is 0 Å². The number of benzene rings is 2. The first-order chi connectivity index (χ1) is 9.90. The van der Waals surface area contributed by atoms with Crippen molar-refractivity contribution >= 4 is 21.4 Å². The third kappa shape index (κ3) is 4.22. The first-order valence-electron chi connectivity index (χ1n) is 6.62. The lowest BCUT2D eigenvalue weighted by atomic mass is 10.1. The fourth-order valence-electron chi connectivity index (χ4n) is 1.99. The van der Waals surface area contributed by atoms with Gasteiger partial charge in [0.1, 0.15) is 11.9 Å². The van der Waals surface area contributed by atoms with E-state index in [1.165, 1.54) is 6.26 Å². The number of sulfone groups is 1. The van der Waals surface area contributed by atoms with E-state index in [0.29, 0.717) is 10.8 Å². The van der Waals surface area contributed by atoms with Gasteiger partial charge in [-0.05, 0) is 48.4 Å². The van der Waals surface area contributed by atoms with E-state index in [1.54, 1.807) is 24.3 Å². The van der Waals surface area contributed by atoms with Crippen LogP contribution in [0.15, 0.2) is 53.4 Å². The molecule has 1 unspecified atom stereocenters. The van der Waals surface area contributed by atoms with E-state index < -0.39 is 9.84 Å². The van der Waals surface area contributed by atoms with E-state index in [9.17, 15) is 8.42 Å². The second-order valence-corrected chi connectivity index (χ2v) is 7.26. The number of rotatable bonds is 5. The molecule has 5 heteroatoms. The Balaban J connectivity index is 2.17. The van der Waals surface area contributed by atoms with Crippen LogP contribution in [0, 0.1) is 0 Å². The Morgan fingerprint density at radius 2 is 1.62 bits per heavy atom. The minimum Gasteiger partial charge on any atom is -0.486 e. The van der Waals surface area contributed by atoms with Crippen LogP contribution in [0.3, 0.4) is 0 Å². The highest BCUT2D eigenvalue weighted by molar-refractivity contribution is 7.90. The summed E-state index contributed by atoms with van der Waals surface area (Å²) in [7, 11) is -3.18. The number of halogens is 1. The van der Waals surface area contributed by atoms with Crippen LogP contribution in [-0.2, 0) is 9.84 Å². The Kier molecular flexibility index (Phi) is 4.91. The molecule has 0 N–H and O–H groups in total. The largest absolute Gasteiger partial charge is 0.486 e. The highest BCUT2D eigenvalue weighted by atomic mass is 35.5. The minimum atomic E-state index is -3.18. The molecule has 2 aromatic rings. The van der Waals surface area contributed by atoms with E-state index in [0.717, 1.165) is 12.0 Å². The fourth-order valence-corrected chi connectivity index (χ4v) is 2.75. The molecule has 112 valence electrons. The molecule has 0 bridgehead atoms. The Hall–Kier alpha value is -1.52. The third-order valence-corrected chi connectivity index (χ3v) is 4.52. The maximum atomic E-state index is 11.4. The van der Waals surface area contributed by atoms with E-state index in [4.69, 9.17) is 16.3 Å². The first-order valence-corrected chi connectivity index (χ1v) is 8.89. The summed E-state index contributed by atoms with van der Waals surface area (Å²) in [5, 5.41) is 0.686. The van der Waals surface area contributed by atoms with Gasteiger partial charge >= 0.3 is 0 Å². The van der Waals surface area contributed by atoms with Gasteiger partial charge in [0.05, 0.1) is 4.90 Å². The quantitative estimate of drug-likeness (QED) is 0.824. The van der Waals surface area contributed by atoms with Crippen molar-refractivity contribution in [3.63, 3.8) is 0 Å². The molecule has 0 spiro atoms. The summed E-state index contributed by atoms with van der Waals surface area (Å²) in [6.45, 7) is 2.03. The molecule has 2 rings (SSSR count). The summed E-state index contributed by atoms with van der Waals surface area (Å²) in [5.74, 6) is 0.643. The van der Waals surface area contributed by atoms with Crippen LogP contribution in [0.1, 0.15) is 25.0 Å². The Bertz CT molecular complexity index is 691. The maximum absolute atomic E-state index is 11.4. The lowest BCUT2D eigenvalue weighted by molar-refractivity contribution is 0.201. The lowest BCUT2D eigenvalue weighted by Crippen LogP contribution is -2.06. The number of ether oxygens (including phenoxy) is 1. The molecule has 0 aromatic heterocycles. The van der Waals surface area contributed by atoms with E-state index in [-0.39, 0.29) is 11.0 Å². The van der Waals surface area contributed by atoms with Crippen molar-refractivity contribution in [2.75, 3.05) is 6.26 Å². The Morgan fingerprint density at radius 3 is 2.10 bits per heavy atom. The second-order valence-electron chi connectivity index (χ2n) is 4.81. The van der Waals surface area contributed by atoms with Crippen molar-refractivity contribution in [3.05, 3.63) is 59.1 Å². The fraction of sp³-hybridized carbons (Fsp3) is 0.250. The third-order valence-electron chi connectivity index (χ3n) is 3.14. The minimum absolute atomic E-state index is 0.0913. The highest BCUT2D eigenvalue weighted by Gasteiger charge is 2.12. The number of hydrogen-bond donors (Lipinski definition) is 0. The maximum Gasteiger partial charge on any atom is 0.175 e. The van der Waals surface area contributed by atoms with Crippen LogP contribution in [0.25, 0.3) is 0 Å². The van der Waals surface area contributed by atoms with Crippen molar-refractivity contribution in [1.82, 2.24) is 0 Å². The van der Waals surface area contributed by atoms with Gasteiger partial charge in [-0.25, -0.2) is 8.42 Å². The summed E-state index contributed by atoms with van der Waals surface area (Å²) >= 11 is 5.88. The van der Waals surface area contributed by atoms with Crippen molar-refractivity contribution in [2.45, 2.75) is 24.3 Å². The van der Waals surface area contributed by atoms with E-state index in [2.05, 4.69) is 0 Å². The predicted octanol–water partition coefficient (Wildman–Crippen LogP) is 4.27. The molecule has 0 amide bonds. The molecule has 1 atom stereocenters. The average molecular weight is 325 g/mol. The van der Waals surface area contributed by atoms with E-state index in [1.807, 2.05) is 31.2 Å². The van der Waals surface area contributed by atoms with Crippen molar-refractivity contribution in [2.24, 2.45) is 0 Å². The standard InChI is InChI=1S/C16H17ClO3S/c1-3-16(12-4-6-13(17)7-5-12)20-14-8-10-15(11-9-14)21(2,18)19/h4-11,16H,3H2,1-2H3. The second kappa shape index (κ2) is 6.50. The average Bonchev–Trinajstić information content (AvgIpc) is 2.45. The van der Waals surface area contributed by atoms with Gasteiger partial charge in [0, 0.05) is 11.3 Å². The summed E-state index contributed by atoms with van der Waals surface area (Å²) in [6, 6.07) is 14.0. The first kappa shape index (κ1) is 15.9. The lowest BCUT2D eigenvalue weighted by Gasteiger charge is -2.18. The summed E-state index contributed by atoms with van der Waals surface area (Å²) in [4.78, 5) is 0.286.